The van der Waals surface area contributed by atoms with E-state index in [9.17, 15) is 24.0 Å². The first-order valence-corrected chi connectivity index (χ1v) is 9.40. The topological polar surface area (TPSA) is 154 Å². The van der Waals surface area contributed by atoms with Crippen molar-refractivity contribution in [3.8, 4) is 0 Å². The van der Waals surface area contributed by atoms with Crippen molar-refractivity contribution in [3.63, 3.8) is 0 Å². The molecule has 10 heteroatoms. The molecule has 0 radical (unpaired) electrons. The Morgan fingerprint density at radius 2 is 1.03 bits per heavy atom. The number of ether oxygens (including phenoxy) is 4. The second kappa shape index (κ2) is 19.4. The lowest BCUT2D eigenvalue weighted by Crippen LogP contribution is -2.15. The molecule has 0 spiro atoms. The van der Waals surface area contributed by atoms with Crippen LogP contribution in [0.15, 0.2) is 66.2 Å². The molecule has 0 heterocycles. The van der Waals surface area contributed by atoms with E-state index in [4.69, 9.17) is 0 Å². The summed E-state index contributed by atoms with van der Waals surface area (Å²) >= 11 is 0. The number of carbonyl (C=O) groups is 5. The molecule has 2 rings (SSSR count). The number of hydrogen-bond acceptors (Lipinski definition) is 9. The highest BCUT2D eigenvalue weighted by molar-refractivity contribution is 6.17. The van der Waals surface area contributed by atoms with Gasteiger partial charge in [-0.15, -0.1) is 0 Å². The summed E-state index contributed by atoms with van der Waals surface area (Å²) in [5.74, 6) is -2.59. The zero-order valence-corrected chi connectivity index (χ0v) is 19.3. The lowest BCUT2D eigenvalue weighted by Gasteiger charge is -2.03. The van der Waals surface area contributed by atoms with Gasteiger partial charge < -0.3 is 24.4 Å². The van der Waals surface area contributed by atoms with E-state index in [1.54, 1.807) is 36.4 Å². The van der Waals surface area contributed by atoms with Crippen molar-refractivity contribution in [2.75, 3.05) is 28.4 Å². The first kappa shape index (κ1) is 31.9. The van der Waals surface area contributed by atoms with Gasteiger partial charge in [-0.3, -0.25) is 14.4 Å². The molecule has 0 unspecified atom stereocenters. The van der Waals surface area contributed by atoms with E-state index in [1.807, 2.05) is 24.3 Å². The highest BCUT2D eigenvalue weighted by Gasteiger charge is 2.19. The van der Waals surface area contributed by atoms with Crippen molar-refractivity contribution in [1.82, 2.24) is 0 Å². The fourth-order valence-electron chi connectivity index (χ4n) is 1.93. The summed E-state index contributed by atoms with van der Waals surface area (Å²) in [4.78, 5) is 53.2. The molecule has 0 atom stereocenters. The normalized spacial score (nSPS) is 8.47. The number of esters is 4. The summed E-state index contributed by atoms with van der Waals surface area (Å²) < 4.78 is 17.4. The summed E-state index contributed by atoms with van der Waals surface area (Å²) in [6.07, 6.45) is 1.95. The molecule has 2 N–H and O–H groups in total. The molecule has 0 aliphatic carbocycles. The number of rotatable bonds is 6. The summed E-state index contributed by atoms with van der Waals surface area (Å²) in [5, 5.41) is 0. The quantitative estimate of drug-likeness (QED) is 0.152. The SMILES string of the molecule is COC(=O)C(=Cc1ccccc1)C(=O)OC.COC(=O)CC(=O)OC.O.O=Cc1ccccc1. The molecule has 2 aromatic rings. The largest absolute Gasteiger partial charge is 0.469 e. The summed E-state index contributed by atoms with van der Waals surface area (Å²) in [5.41, 5.74) is 1.33. The number of aldehydes is 1. The monoisotopic (exact) mass is 476 g/mol. The smallest absolute Gasteiger partial charge is 0.345 e. The van der Waals surface area contributed by atoms with Crippen LogP contribution < -0.4 is 0 Å². The molecule has 0 aliphatic heterocycles. The van der Waals surface area contributed by atoms with Gasteiger partial charge in [0.25, 0.3) is 0 Å². The van der Waals surface area contributed by atoms with Gasteiger partial charge in [-0.25, -0.2) is 9.59 Å². The van der Waals surface area contributed by atoms with Crippen molar-refractivity contribution in [2.45, 2.75) is 6.42 Å². The third kappa shape index (κ3) is 13.9. The van der Waals surface area contributed by atoms with Crippen molar-refractivity contribution < 1.29 is 48.4 Å². The second-order valence-electron chi connectivity index (χ2n) is 5.81. The fourth-order valence-corrected chi connectivity index (χ4v) is 1.93. The van der Waals surface area contributed by atoms with Gasteiger partial charge in [0.2, 0.25) is 0 Å². The van der Waals surface area contributed by atoms with E-state index in [1.165, 1.54) is 34.5 Å². The average Bonchev–Trinajstić information content (AvgIpc) is 2.87. The molecule has 0 aliphatic rings. The van der Waals surface area contributed by atoms with Gasteiger partial charge in [0, 0.05) is 5.56 Å². The zero-order chi connectivity index (χ0) is 25.1. The number of benzene rings is 2. The molecule has 0 aromatic heterocycles. The standard InChI is InChI=1S/C12H12O4.C7H6O.C5H8O4.H2O/c1-15-11(13)10(12(14)16-2)8-9-6-4-3-5-7-9;8-6-7-4-2-1-3-5-7;1-8-4(6)3-5(7)9-2;/h3-8H,1-2H3;1-6H;3H2,1-2H3;1H2. The summed E-state index contributed by atoms with van der Waals surface area (Å²) in [7, 11) is 4.85. The predicted octanol–water partition coefficient (Wildman–Crippen LogP) is 1.81. The predicted molar refractivity (Wildman–Crippen MR) is 123 cm³/mol. The fraction of sp³-hybridized carbons (Fsp3) is 0.208. The van der Waals surface area contributed by atoms with Crippen molar-refractivity contribution in [3.05, 3.63) is 77.4 Å². The van der Waals surface area contributed by atoms with Crippen LogP contribution in [0, 0.1) is 0 Å². The van der Waals surface area contributed by atoms with Crippen LogP contribution in [-0.2, 0) is 38.1 Å². The molecule has 10 nitrogen and oxygen atoms in total. The van der Waals surface area contributed by atoms with Crippen LogP contribution in [-0.4, -0.2) is 64.1 Å². The van der Waals surface area contributed by atoms with Gasteiger partial charge in [0.1, 0.15) is 18.3 Å². The maximum atomic E-state index is 11.3. The Kier molecular flexibility index (Phi) is 18.2. The van der Waals surface area contributed by atoms with E-state index in [-0.39, 0.29) is 17.5 Å². The molecule has 0 bridgehead atoms. The van der Waals surface area contributed by atoms with Crippen LogP contribution in [0.25, 0.3) is 6.08 Å². The molecule has 0 saturated heterocycles. The Morgan fingerprint density at radius 1 is 0.647 bits per heavy atom. The first-order chi connectivity index (χ1) is 15.8. The van der Waals surface area contributed by atoms with Gasteiger partial charge in [-0.2, -0.15) is 0 Å². The van der Waals surface area contributed by atoms with Crippen LogP contribution in [0.1, 0.15) is 22.3 Å². The number of methoxy groups -OCH3 is 4. The van der Waals surface area contributed by atoms with Gasteiger partial charge in [0.15, 0.2) is 0 Å². The zero-order valence-electron chi connectivity index (χ0n) is 19.3. The second-order valence-corrected chi connectivity index (χ2v) is 5.81. The maximum absolute atomic E-state index is 11.3. The summed E-state index contributed by atoms with van der Waals surface area (Å²) in [6.45, 7) is 0. The highest BCUT2D eigenvalue weighted by atomic mass is 16.5. The Balaban J connectivity index is 0. The Labute approximate surface area is 197 Å². The number of carbonyl (C=O) groups excluding carboxylic acids is 5. The van der Waals surface area contributed by atoms with Crippen LogP contribution in [0.3, 0.4) is 0 Å². The average molecular weight is 476 g/mol. The van der Waals surface area contributed by atoms with Crippen molar-refractivity contribution in [2.24, 2.45) is 0 Å². The van der Waals surface area contributed by atoms with Crippen LogP contribution in [0.2, 0.25) is 0 Å². The van der Waals surface area contributed by atoms with Gasteiger partial charge in [-0.05, 0) is 11.6 Å². The maximum Gasteiger partial charge on any atom is 0.345 e. The van der Waals surface area contributed by atoms with E-state index in [0.29, 0.717) is 0 Å². The van der Waals surface area contributed by atoms with Crippen LogP contribution >= 0.6 is 0 Å². The molecular formula is C24H28O10. The van der Waals surface area contributed by atoms with Crippen LogP contribution in [0.4, 0.5) is 0 Å². The molecule has 0 fully saturated rings. The van der Waals surface area contributed by atoms with Crippen molar-refractivity contribution >= 4 is 36.2 Å². The minimum absolute atomic E-state index is 0. The van der Waals surface area contributed by atoms with Gasteiger partial charge >= 0.3 is 23.9 Å². The molecule has 2 aromatic carbocycles. The third-order valence-corrected chi connectivity index (χ3v) is 3.60. The molecule has 184 valence electrons. The third-order valence-electron chi connectivity index (χ3n) is 3.60. The van der Waals surface area contributed by atoms with E-state index < -0.39 is 23.9 Å². The molecular weight excluding hydrogens is 448 g/mol. The van der Waals surface area contributed by atoms with E-state index >= 15 is 0 Å². The summed E-state index contributed by atoms with van der Waals surface area (Å²) in [6, 6.07) is 18.1. The lowest BCUT2D eigenvalue weighted by atomic mass is 10.1. The first-order valence-electron chi connectivity index (χ1n) is 9.40. The van der Waals surface area contributed by atoms with Crippen molar-refractivity contribution in [1.29, 1.82) is 0 Å². The van der Waals surface area contributed by atoms with E-state index in [2.05, 4.69) is 18.9 Å². The Bertz CT molecular complexity index is 889. The molecule has 0 amide bonds. The molecule has 34 heavy (non-hydrogen) atoms. The Morgan fingerprint density at radius 3 is 1.32 bits per heavy atom. The van der Waals surface area contributed by atoms with Gasteiger partial charge in [-0.1, -0.05) is 60.7 Å². The van der Waals surface area contributed by atoms with Crippen LogP contribution in [0.5, 0.6) is 0 Å². The van der Waals surface area contributed by atoms with Gasteiger partial charge in [0.05, 0.1) is 28.4 Å². The Hall–Kier alpha value is -4.31. The van der Waals surface area contributed by atoms with E-state index in [0.717, 1.165) is 17.4 Å². The number of hydrogen-bond donors (Lipinski definition) is 0. The minimum Gasteiger partial charge on any atom is -0.469 e. The lowest BCUT2D eigenvalue weighted by molar-refractivity contribution is -0.151. The minimum atomic E-state index is -0.712. The highest BCUT2D eigenvalue weighted by Crippen LogP contribution is 2.09. The molecule has 0 saturated carbocycles.